The number of nitrogens with two attached hydrogens (primary N) is 2. The largest absolute Gasteiger partial charge is 0.481 e. The van der Waals surface area contributed by atoms with Crippen LogP contribution in [0.4, 0.5) is 0 Å². The fourth-order valence-corrected chi connectivity index (χ4v) is 4.38. The summed E-state index contributed by atoms with van der Waals surface area (Å²) in [5.41, 5.74) is 10.5. The molecule has 17 nitrogen and oxygen atoms in total. The molecular formula is C21H34N8O9S. The van der Waals surface area contributed by atoms with Gasteiger partial charge in [-0.3, -0.25) is 33.8 Å². The van der Waals surface area contributed by atoms with Crippen LogP contribution < -0.4 is 38.1 Å². The number of hydrogen-bond donors (Lipinski definition) is 9. The number of guanidine groups is 1. The van der Waals surface area contributed by atoms with E-state index in [0.717, 1.165) is 11.8 Å². The highest BCUT2D eigenvalue weighted by Gasteiger charge is 2.30. The molecule has 1 heterocycles. The minimum Gasteiger partial charge on any atom is -0.481 e. The Morgan fingerprint density at radius 3 is 2.05 bits per heavy atom. The summed E-state index contributed by atoms with van der Waals surface area (Å²) in [5, 5.41) is 29.3. The van der Waals surface area contributed by atoms with Crippen molar-refractivity contribution in [2.45, 2.75) is 56.0 Å². The lowest BCUT2D eigenvalue weighted by molar-refractivity contribution is -0.143. The first kappa shape index (κ1) is 32.9. The molecule has 4 atom stereocenters. The molecule has 39 heavy (non-hydrogen) atoms. The predicted molar refractivity (Wildman–Crippen MR) is 138 cm³/mol. The molecule has 1 aliphatic rings. The van der Waals surface area contributed by atoms with Crippen LogP contribution in [0.15, 0.2) is 4.99 Å². The Labute approximate surface area is 227 Å². The van der Waals surface area contributed by atoms with Crippen molar-refractivity contribution in [2.75, 3.05) is 25.4 Å². The number of aliphatic carboxylic acids is 2. The summed E-state index contributed by atoms with van der Waals surface area (Å²) >= 11 is 0.905. The molecule has 1 saturated heterocycles. The van der Waals surface area contributed by atoms with Crippen LogP contribution in [-0.2, 0) is 33.6 Å². The molecule has 0 saturated carbocycles. The second-order valence-corrected chi connectivity index (χ2v) is 9.59. The molecule has 1 unspecified atom stereocenters. The van der Waals surface area contributed by atoms with Gasteiger partial charge in [0.1, 0.15) is 18.1 Å². The van der Waals surface area contributed by atoms with Crippen molar-refractivity contribution in [3.8, 4) is 0 Å². The second-order valence-electron chi connectivity index (χ2n) is 8.35. The number of hydrogen-bond acceptors (Lipinski definition) is 9. The van der Waals surface area contributed by atoms with Gasteiger partial charge in [-0.05, 0) is 19.3 Å². The summed E-state index contributed by atoms with van der Waals surface area (Å²) in [6.45, 7) is 0.643. The van der Waals surface area contributed by atoms with Crippen LogP contribution in [0.2, 0.25) is 0 Å². The molecular weight excluding hydrogens is 540 g/mol. The minimum atomic E-state index is -1.65. The first-order valence-electron chi connectivity index (χ1n) is 11.9. The van der Waals surface area contributed by atoms with E-state index in [9.17, 15) is 38.7 Å². The summed E-state index contributed by atoms with van der Waals surface area (Å²) in [4.78, 5) is 89.5. The number of carboxylic acid groups (broad SMARTS) is 2. The SMILES string of the molecule is CCC1SC[C@@H](C(=O)O)NC(=O)[C@H](CC(=O)O)NC(=O)CNC(=O)[C@H](CCCN=C(N)N)NC(=O)CNC1=O. The first-order valence-corrected chi connectivity index (χ1v) is 12.9. The van der Waals surface area contributed by atoms with Crippen molar-refractivity contribution in [1.82, 2.24) is 26.6 Å². The Bertz CT molecular complexity index is 973. The average molecular weight is 575 g/mol. The van der Waals surface area contributed by atoms with Crippen molar-refractivity contribution < 1.29 is 43.8 Å². The number of amides is 5. The smallest absolute Gasteiger partial charge is 0.327 e. The zero-order chi connectivity index (χ0) is 29.5. The Hall–Kier alpha value is -4.09. The van der Waals surface area contributed by atoms with Gasteiger partial charge in [-0.15, -0.1) is 11.8 Å². The fraction of sp³-hybridized carbons (Fsp3) is 0.619. The van der Waals surface area contributed by atoms with Gasteiger partial charge in [0.15, 0.2) is 5.96 Å². The Kier molecular flexibility index (Phi) is 14.1. The summed E-state index contributed by atoms with van der Waals surface area (Å²) in [7, 11) is 0. The quantitative estimate of drug-likeness (QED) is 0.0758. The number of rotatable bonds is 8. The van der Waals surface area contributed by atoms with Crippen molar-refractivity contribution in [3.05, 3.63) is 0 Å². The van der Waals surface area contributed by atoms with Crippen LogP contribution in [0, 0.1) is 0 Å². The van der Waals surface area contributed by atoms with Crippen molar-refractivity contribution in [2.24, 2.45) is 16.5 Å². The van der Waals surface area contributed by atoms with E-state index in [2.05, 4.69) is 31.6 Å². The number of thioether (sulfide) groups is 1. The number of nitrogens with zero attached hydrogens (tertiary/aromatic N) is 1. The lowest BCUT2D eigenvalue weighted by Gasteiger charge is -2.23. The highest BCUT2D eigenvalue weighted by Crippen LogP contribution is 2.16. The molecule has 18 heteroatoms. The van der Waals surface area contributed by atoms with E-state index in [-0.39, 0.29) is 37.5 Å². The van der Waals surface area contributed by atoms with E-state index in [4.69, 9.17) is 16.6 Å². The molecule has 218 valence electrons. The zero-order valence-corrected chi connectivity index (χ0v) is 22.0. The molecule has 11 N–H and O–H groups in total. The first-order chi connectivity index (χ1) is 18.3. The van der Waals surface area contributed by atoms with Gasteiger partial charge in [0.05, 0.1) is 24.8 Å². The molecule has 0 aromatic rings. The van der Waals surface area contributed by atoms with Gasteiger partial charge in [-0.25, -0.2) is 4.79 Å². The Morgan fingerprint density at radius 2 is 1.51 bits per heavy atom. The third kappa shape index (κ3) is 12.8. The zero-order valence-electron chi connectivity index (χ0n) is 21.2. The second kappa shape index (κ2) is 16.7. The summed E-state index contributed by atoms with van der Waals surface area (Å²) < 4.78 is 0. The van der Waals surface area contributed by atoms with Gasteiger partial charge in [0.2, 0.25) is 29.5 Å². The molecule has 0 aliphatic carbocycles. The van der Waals surface area contributed by atoms with Gasteiger partial charge in [-0.2, -0.15) is 0 Å². The standard InChI is InChI=1S/C21H34N8O9S/c1-2-13-19(36)26-8-14(30)27-10(4-3-5-24-21(22)23)17(34)25-7-15(31)28-11(6-16(32)33)18(35)29-12(9-39-13)20(37)38/h10-13H,2-9H2,1H3,(H,25,34)(H,26,36)(H,27,30)(H,28,31)(H,29,35)(H,32,33)(H,37,38)(H4,22,23,24)/t10-,11-,12-,13?/m0/s1. The molecule has 0 radical (unpaired) electrons. The Morgan fingerprint density at radius 1 is 0.923 bits per heavy atom. The number of carboxylic acids is 2. The highest BCUT2D eigenvalue weighted by molar-refractivity contribution is 8.00. The molecule has 1 aliphatic heterocycles. The predicted octanol–water partition coefficient (Wildman–Crippen LogP) is -4.19. The monoisotopic (exact) mass is 574 g/mol. The molecule has 1 fully saturated rings. The number of carbonyl (C=O) groups excluding carboxylic acids is 5. The number of aliphatic imine (C=N–C) groups is 1. The van der Waals surface area contributed by atoms with E-state index in [1.807, 2.05) is 0 Å². The molecule has 0 spiro atoms. The maximum absolute atomic E-state index is 12.7. The fourth-order valence-electron chi connectivity index (χ4n) is 3.26. The maximum Gasteiger partial charge on any atom is 0.327 e. The van der Waals surface area contributed by atoms with Crippen molar-refractivity contribution >= 4 is 59.2 Å². The lowest BCUT2D eigenvalue weighted by atomic mass is 10.1. The van der Waals surface area contributed by atoms with E-state index in [1.165, 1.54) is 0 Å². The van der Waals surface area contributed by atoms with Gasteiger partial charge in [0.25, 0.3) is 0 Å². The molecule has 5 amide bonds. The van der Waals surface area contributed by atoms with E-state index >= 15 is 0 Å². The van der Waals surface area contributed by atoms with Crippen LogP contribution in [0.1, 0.15) is 32.6 Å². The van der Waals surface area contributed by atoms with E-state index < -0.39 is 84.4 Å². The van der Waals surface area contributed by atoms with Crippen LogP contribution in [0.5, 0.6) is 0 Å². The van der Waals surface area contributed by atoms with Gasteiger partial charge >= 0.3 is 11.9 Å². The molecule has 1 rings (SSSR count). The maximum atomic E-state index is 12.7. The lowest BCUT2D eigenvalue weighted by Crippen LogP contribution is -2.56. The van der Waals surface area contributed by atoms with Crippen molar-refractivity contribution in [1.29, 1.82) is 0 Å². The minimum absolute atomic E-state index is 0.0674. The Balaban J connectivity index is 3.17. The topological polar surface area (TPSA) is 284 Å². The van der Waals surface area contributed by atoms with E-state index in [0.29, 0.717) is 0 Å². The molecule has 0 aromatic carbocycles. The van der Waals surface area contributed by atoms with Crippen LogP contribution in [0.3, 0.4) is 0 Å². The van der Waals surface area contributed by atoms with E-state index in [1.54, 1.807) is 6.92 Å². The normalized spacial score (nSPS) is 24.0. The highest BCUT2D eigenvalue weighted by atomic mass is 32.2. The van der Waals surface area contributed by atoms with Crippen LogP contribution >= 0.6 is 11.8 Å². The summed E-state index contributed by atoms with van der Waals surface area (Å²) in [6, 6.07) is -4.31. The van der Waals surface area contributed by atoms with Gasteiger partial charge in [-0.1, -0.05) is 6.92 Å². The summed E-state index contributed by atoms with van der Waals surface area (Å²) in [5.74, 6) is -7.38. The van der Waals surface area contributed by atoms with Gasteiger partial charge < -0.3 is 48.3 Å². The molecule has 0 aromatic heterocycles. The third-order valence-corrected chi connectivity index (χ3v) is 6.69. The third-order valence-electron chi connectivity index (χ3n) is 5.22. The summed E-state index contributed by atoms with van der Waals surface area (Å²) in [6.07, 6.45) is -0.270. The number of nitrogens with one attached hydrogen (secondary N) is 5. The van der Waals surface area contributed by atoms with Crippen molar-refractivity contribution in [3.63, 3.8) is 0 Å². The van der Waals surface area contributed by atoms with Crippen LogP contribution in [0.25, 0.3) is 0 Å². The number of carbonyl (C=O) groups is 7. The molecule has 0 bridgehead atoms. The van der Waals surface area contributed by atoms with Crippen LogP contribution in [-0.4, -0.2) is 106 Å². The van der Waals surface area contributed by atoms with Gasteiger partial charge in [0, 0.05) is 12.3 Å². The average Bonchev–Trinajstić information content (AvgIpc) is 2.85.